The predicted molar refractivity (Wildman–Crippen MR) is 83.2 cm³/mol. The molecule has 0 saturated heterocycles. The van der Waals surface area contributed by atoms with Crippen molar-refractivity contribution >= 4 is 33.4 Å². The third kappa shape index (κ3) is 4.32. The number of rotatable bonds is 5. The van der Waals surface area contributed by atoms with Gasteiger partial charge >= 0.3 is 0 Å². The molecule has 0 saturated carbocycles. The Morgan fingerprint density at radius 3 is 2.62 bits per heavy atom. The van der Waals surface area contributed by atoms with E-state index in [4.69, 9.17) is 10.5 Å². The van der Waals surface area contributed by atoms with Gasteiger partial charge in [0.1, 0.15) is 5.75 Å². The smallest absolute Gasteiger partial charge is 0.262 e. The first-order chi connectivity index (χ1) is 10.1. The van der Waals surface area contributed by atoms with Crippen molar-refractivity contribution in [1.29, 1.82) is 0 Å². The fourth-order valence-corrected chi connectivity index (χ4v) is 2.08. The van der Waals surface area contributed by atoms with Crippen LogP contribution in [0.15, 0.2) is 53.0 Å². The van der Waals surface area contributed by atoms with Crippen molar-refractivity contribution < 1.29 is 14.3 Å². The average molecular weight is 349 g/mol. The van der Waals surface area contributed by atoms with Crippen LogP contribution in [0.25, 0.3) is 0 Å². The van der Waals surface area contributed by atoms with Crippen molar-refractivity contribution in [3.8, 4) is 5.75 Å². The summed E-state index contributed by atoms with van der Waals surface area (Å²) in [5.74, 6) is -0.398. The Balaban J connectivity index is 1.98. The van der Waals surface area contributed by atoms with E-state index in [0.29, 0.717) is 11.4 Å². The molecule has 2 aromatic carbocycles. The molecule has 0 bridgehead atoms. The topological polar surface area (TPSA) is 81.4 Å². The molecule has 0 fully saturated rings. The van der Waals surface area contributed by atoms with Crippen molar-refractivity contribution in [2.24, 2.45) is 5.73 Å². The highest BCUT2D eigenvalue weighted by atomic mass is 79.9. The van der Waals surface area contributed by atoms with Gasteiger partial charge in [0.05, 0.1) is 11.3 Å². The van der Waals surface area contributed by atoms with Gasteiger partial charge in [-0.25, -0.2) is 0 Å². The van der Waals surface area contributed by atoms with Crippen LogP contribution in [0.4, 0.5) is 5.69 Å². The molecule has 2 amide bonds. The van der Waals surface area contributed by atoms with Crippen LogP contribution in [-0.4, -0.2) is 18.4 Å². The Bertz CT molecular complexity index is 673. The first-order valence-corrected chi connectivity index (χ1v) is 6.92. The predicted octanol–water partition coefficient (Wildman–Crippen LogP) is 2.57. The molecule has 0 aliphatic heterocycles. The van der Waals surface area contributed by atoms with E-state index in [0.717, 1.165) is 4.47 Å². The first-order valence-electron chi connectivity index (χ1n) is 6.13. The molecule has 0 aromatic heterocycles. The zero-order valence-corrected chi connectivity index (χ0v) is 12.6. The average Bonchev–Trinajstić information content (AvgIpc) is 2.45. The third-order valence-corrected chi connectivity index (χ3v) is 3.13. The SMILES string of the molecule is NC(=O)c1ccccc1NC(=O)COc1cccc(Br)c1. The number of carbonyl (C=O) groups excluding carboxylic acids is 2. The lowest BCUT2D eigenvalue weighted by Crippen LogP contribution is -2.22. The molecule has 0 spiro atoms. The maximum absolute atomic E-state index is 11.8. The maximum atomic E-state index is 11.8. The lowest BCUT2D eigenvalue weighted by Gasteiger charge is -2.10. The summed E-state index contributed by atoms with van der Waals surface area (Å²) >= 11 is 3.32. The van der Waals surface area contributed by atoms with Crippen LogP contribution in [0, 0.1) is 0 Å². The van der Waals surface area contributed by atoms with Gasteiger partial charge in [0.2, 0.25) is 0 Å². The molecule has 2 rings (SSSR count). The molecule has 0 heterocycles. The number of anilines is 1. The fourth-order valence-electron chi connectivity index (χ4n) is 1.70. The number of amides is 2. The zero-order chi connectivity index (χ0) is 15.2. The van der Waals surface area contributed by atoms with Gasteiger partial charge in [-0.3, -0.25) is 9.59 Å². The molecule has 6 heteroatoms. The van der Waals surface area contributed by atoms with Gasteiger partial charge in [0.25, 0.3) is 11.8 Å². The minimum Gasteiger partial charge on any atom is -0.484 e. The van der Waals surface area contributed by atoms with Crippen molar-refractivity contribution in [1.82, 2.24) is 0 Å². The Morgan fingerprint density at radius 1 is 1.14 bits per heavy atom. The Kier molecular flexibility index (Phi) is 4.94. The van der Waals surface area contributed by atoms with Gasteiger partial charge in [0, 0.05) is 4.47 Å². The summed E-state index contributed by atoms with van der Waals surface area (Å²) in [6.07, 6.45) is 0. The van der Waals surface area contributed by atoms with Gasteiger partial charge in [-0.15, -0.1) is 0 Å². The summed E-state index contributed by atoms with van der Waals surface area (Å²) in [6.45, 7) is -0.163. The molecule has 0 unspecified atom stereocenters. The van der Waals surface area contributed by atoms with Gasteiger partial charge in [0.15, 0.2) is 6.61 Å². The number of hydrogen-bond acceptors (Lipinski definition) is 3. The second-order valence-electron chi connectivity index (χ2n) is 4.20. The van der Waals surface area contributed by atoms with E-state index >= 15 is 0 Å². The number of halogens is 1. The fraction of sp³-hybridized carbons (Fsp3) is 0.0667. The summed E-state index contributed by atoms with van der Waals surface area (Å²) in [5, 5.41) is 2.60. The molecule has 2 aromatic rings. The third-order valence-electron chi connectivity index (χ3n) is 2.63. The Labute approximate surface area is 130 Å². The van der Waals surface area contributed by atoms with Crippen LogP contribution in [0.1, 0.15) is 10.4 Å². The number of nitrogens with two attached hydrogens (primary N) is 1. The number of primary amides is 1. The maximum Gasteiger partial charge on any atom is 0.262 e. The second kappa shape index (κ2) is 6.90. The lowest BCUT2D eigenvalue weighted by molar-refractivity contribution is -0.118. The van der Waals surface area contributed by atoms with Crippen LogP contribution >= 0.6 is 15.9 Å². The lowest BCUT2D eigenvalue weighted by atomic mass is 10.1. The summed E-state index contributed by atoms with van der Waals surface area (Å²) in [4.78, 5) is 23.1. The minimum atomic E-state index is -0.598. The van der Waals surface area contributed by atoms with Crippen molar-refractivity contribution in [3.63, 3.8) is 0 Å². The van der Waals surface area contributed by atoms with Gasteiger partial charge in [-0.2, -0.15) is 0 Å². The zero-order valence-electron chi connectivity index (χ0n) is 11.0. The van der Waals surface area contributed by atoms with E-state index in [1.807, 2.05) is 6.07 Å². The summed E-state index contributed by atoms with van der Waals surface area (Å²) in [7, 11) is 0. The largest absolute Gasteiger partial charge is 0.484 e. The highest BCUT2D eigenvalue weighted by molar-refractivity contribution is 9.10. The van der Waals surface area contributed by atoms with E-state index in [1.54, 1.807) is 42.5 Å². The van der Waals surface area contributed by atoms with E-state index in [-0.39, 0.29) is 18.1 Å². The minimum absolute atomic E-state index is 0.163. The van der Waals surface area contributed by atoms with Crippen LogP contribution in [0.3, 0.4) is 0 Å². The van der Waals surface area contributed by atoms with E-state index in [1.165, 1.54) is 0 Å². The van der Waals surface area contributed by atoms with Gasteiger partial charge in [-0.05, 0) is 30.3 Å². The van der Waals surface area contributed by atoms with Crippen LogP contribution < -0.4 is 15.8 Å². The first kappa shape index (κ1) is 15.1. The van der Waals surface area contributed by atoms with Crippen molar-refractivity contribution in [2.45, 2.75) is 0 Å². The summed E-state index contributed by atoms with van der Waals surface area (Å²) in [5.41, 5.74) is 5.87. The molecule has 108 valence electrons. The number of carbonyl (C=O) groups is 2. The van der Waals surface area contributed by atoms with Crippen LogP contribution in [0.2, 0.25) is 0 Å². The molecule has 21 heavy (non-hydrogen) atoms. The standard InChI is InChI=1S/C15H13BrN2O3/c16-10-4-3-5-11(8-10)21-9-14(19)18-13-7-2-1-6-12(13)15(17)20/h1-8H,9H2,(H2,17,20)(H,18,19). The van der Waals surface area contributed by atoms with Crippen LogP contribution in [-0.2, 0) is 4.79 Å². The summed E-state index contributed by atoms with van der Waals surface area (Å²) < 4.78 is 6.22. The van der Waals surface area contributed by atoms with Gasteiger partial charge in [-0.1, -0.05) is 34.1 Å². The number of benzene rings is 2. The molecule has 0 aliphatic rings. The molecule has 0 atom stereocenters. The number of para-hydroxylation sites is 1. The monoisotopic (exact) mass is 348 g/mol. The second-order valence-corrected chi connectivity index (χ2v) is 5.12. The number of ether oxygens (including phenoxy) is 1. The molecule has 0 radical (unpaired) electrons. The van der Waals surface area contributed by atoms with Crippen molar-refractivity contribution in [3.05, 3.63) is 58.6 Å². The van der Waals surface area contributed by atoms with Crippen LogP contribution in [0.5, 0.6) is 5.75 Å². The Hall–Kier alpha value is -2.34. The Morgan fingerprint density at radius 2 is 1.90 bits per heavy atom. The summed E-state index contributed by atoms with van der Waals surface area (Å²) in [6, 6.07) is 13.7. The quantitative estimate of drug-likeness (QED) is 0.871. The normalized spacial score (nSPS) is 9.95. The van der Waals surface area contributed by atoms with Crippen molar-refractivity contribution in [2.75, 3.05) is 11.9 Å². The number of hydrogen-bond donors (Lipinski definition) is 2. The molecule has 5 nitrogen and oxygen atoms in total. The van der Waals surface area contributed by atoms with E-state index in [9.17, 15) is 9.59 Å². The molecule has 3 N–H and O–H groups in total. The highest BCUT2D eigenvalue weighted by Gasteiger charge is 2.10. The highest BCUT2D eigenvalue weighted by Crippen LogP contribution is 2.18. The van der Waals surface area contributed by atoms with E-state index in [2.05, 4.69) is 21.2 Å². The van der Waals surface area contributed by atoms with E-state index < -0.39 is 5.91 Å². The molecule has 0 aliphatic carbocycles. The van der Waals surface area contributed by atoms with Gasteiger partial charge < -0.3 is 15.8 Å². The molecular weight excluding hydrogens is 336 g/mol. The molecular formula is C15H13BrN2O3. The number of nitrogens with one attached hydrogen (secondary N) is 1.